The average molecular weight is 494 g/mol. The molecule has 196 valence electrons. The van der Waals surface area contributed by atoms with Crippen molar-refractivity contribution in [2.45, 2.75) is 37.6 Å². The molecule has 2 aliphatic heterocycles. The van der Waals surface area contributed by atoms with Crippen LogP contribution in [0.25, 0.3) is 0 Å². The van der Waals surface area contributed by atoms with Crippen LogP contribution in [0.3, 0.4) is 0 Å². The Morgan fingerprint density at radius 2 is 1.37 bits per heavy atom. The summed E-state index contributed by atoms with van der Waals surface area (Å²) in [5, 5.41) is 0. The Kier molecular flexibility index (Phi) is 18.2. The van der Waals surface area contributed by atoms with Crippen molar-refractivity contribution >= 4 is 5.97 Å². The Balaban J connectivity index is 0. The van der Waals surface area contributed by atoms with Crippen molar-refractivity contribution in [1.29, 1.82) is 0 Å². The minimum absolute atomic E-state index is 0. The van der Waals surface area contributed by atoms with E-state index in [0.717, 1.165) is 32.4 Å². The van der Waals surface area contributed by atoms with E-state index in [-0.39, 0.29) is 46.2 Å². The SMILES string of the molecule is C#C.O.O.O.O.O=C(CN1CCC(OC(c2ccccc2)c2ccccc2)CC1)O[C@H]1CCOC1. The van der Waals surface area contributed by atoms with Crippen LogP contribution in [0.15, 0.2) is 60.7 Å². The fourth-order valence-electron chi connectivity index (χ4n) is 4.01. The first-order valence-electron chi connectivity index (χ1n) is 10.9. The molecule has 2 aromatic rings. The molecule has 2 fully saturated rings. The van der Waals surface area contributed by atoms with Crippen LogP contribution >= 0.6 is 0 Å². The van der Waals surface area contributed by atoms with Gasteiger partial charge in [0.05, 0.1) is 25.9 Å². The van der Waals surface area contributed by atoms with Crippen molar-refractivity contribution < 1.29 is 40.9 Å². The first-order valence-corrected chi connectivity index (χ1v) is 10.9. The third kappa shape index (κ3) is 10.5. The summed E-state index contributed by atoms with van der Waals surface area (Å²) in [5.74, 6) is -0.147. The van der Waals surface area contributed by atoms with Gasteiger partial charge in [-0.3, -0.25) is 9.69 Å². The summed E-state index contributed by atoms with van der Waals surface area (Å²) in [7, 11) is 0. The molecule has 0 unspecified atom stereocenters. The Bertz CT molecular complexity index is 764. The minimum Gasteiger partial charge on any atom is -0.459 e. The molecular weight excluding hydrogens is 454 g/mol. The Morgan fingerprint density at radius 3 is 1.83 bits per heavy atom. The molecule has 1 atom stereocenters. The Hall–Kier alpha value is -2.81. The van der Waals surface area contributed by atoms with E-state index in [1.807, 2.05) is 12.1 Å². The molecule has 2 aliphatic rings. The molecule has 0 spiro atoms. The van der Waals surface area contributed by atoms with Crippen molar-refractivity contribution in [3.63, 3.8) is 0 Å². The van der Waals surface area contributed by atoms with Crippen molar-refractivity contribution in [3.05, 3.63) is 71.8 Å². The van der Waals surface area contributed by atoms with Crippen LogP contribution in [0.4, 0.5) is 0 Å². The van der Waals surface area contributed by atoms with Gasteiger partial charge in [0, 0.05) is 19.5 Å². The monoisotopic (exact) mass is 493 g/mol. The number of carbonyl (C=O) groups is 1. The largest absolute Gasteiger partial charge is 0.459 e. The van der Waals surface area contributed by atoms with Gasteiger partial charge in [0.2, 0.25) is 0 Å². The van der Waals surface area contributed by atoms with Crippen LogP contribution in [0.1, 0.15) is 36.5 Å². The number of hydrogen-bond acceptors (Lipinski definition) is 5. The number of esters is 1. The summed E-state index contributed by atoms with van der Waals surface area (Å²) in [4.78, 5) is 14.3. The molecule has 2 aromatic carbocycles. The standard InChI is InChI=1S/C24H29NO4.C2H2.4H2O/c26-23(28-22-13-16-27-18-22)17-25-14-11-21(12-15-25)29-24(19-7-3-1-4-8-19)20-9-5-2-6-10-20;1-2;;;;/h1-10,21-22,24H,11-18H2;1-2H;4*1H2/t22-;;;;;/m0...../s1. The molecule has 0 radical (unpaired) electrons. The van der Waals surface area contributed by atoms with E-state index >= 15 is 0 Å². The van der Waals surface area contributed by atoms with Crippen molar-refractivity contribution in [2.75, 3.05) is 32.8 Å². The molecule has 9 heteroatoms. The minimum atomic E-state index is -0.147. The molecule has 8 N–H and O–H groups in total. The van der Waals surface area contributed by atoms with Gasteiger partial charge in [-0.2, -0.15) is 0 Å². The number of likely N-dealkylation sites (tertiary alicyclic amines) is 1. The number of nitrogens with zero attached hydrogens (tertiary/aromatic N) is 1. The summed E-state index contributed by atoms with van der Waals surface area (Å²) >= 11 is 0. The van der Waals surface area contributed by atoms with Crippen LogP contribution in [-0.2, 0) is 19.0 Å². The van der Waals surface area contributed by atoms with Gasteiger partial charge in [-0.25, -0.2) is 0 Å². The van der Waals surface area contributed by atoms with Gasteiger partial charge in [0.1, 0.15) is 12.2 Å². The van der Waals surface area contributed by atoms with E-state index < -0.39 is 0 Å². The molecule has 2 saturated heterocycles. The van der Waals surface area contributed by atoms with Gasteiger partial charge < -0.3 is 36.1 Å². The van der Waals surface area contributed by atoms with Gasteiger partial charge >= 0.3 is 5.97 Å². The van der Waals surface area contributed by atoms with Crippen LogP contribution in [0, 0.1) is 12.8 Å². The zero-order valence-corrected chi connectivity index (χ0v) is 19.9. The maximum atomic E-state index is 12.1. The highest BCUT2D eigenvalue weighted by atomic mass is 16.6. The number of hydrogen-bond donors (Lipinski definition) is 0. The number of rotatable bonds is 7. The fourth-order valence-corrected chi connectivity index (χ4v) is 4.01. The molecule has 0 aromatic heterocycles. The number of terminal acetylenes is 1. The first kappa shape index (κ1) is 34.4. The normalized spacial score (nSPS) is 17.3. The highest BCUT2D eigenvalue weighted by molar-refractivity contribution is 5.71. The van der Waals surface area contributed by atoms with Gasteiger partial charge in [0.15, 0.2) is 0 Å². The molecular formula is C26H39NO8. The second kappa shape index (κ2) is 18.5. The van der Waals surface area contributed by atoms with E-state index in [1.54, 1.807) is 0 Å². The van der Waals surface area contributed by atoms with E-state index in [0.29, 0.717) is 19.8 Å². The van der Waals surface area contributed by atoms with E-state index in [9.17, 15) is 4.79 Å². The highest BCUT2D eigenvalue weighted by Crippen LogP contribution is 2.30. The second-order valence-electron chi connectivity index (χ2n) is 7.79. The lowest BCUT2D eigenvalue weighted by Crippen LogP contribution is -2.41. The third-order valence-electron chi connectivity index (χ3n) is 5.61. The highest BCUT2D eigenvalue weighted by Gasteiger charge is 2.27. The quantitative estimate of drug-likeness (QED) is 0.403. The Labute approximate surface area is 207 Å². The summed E-state index contributed by atoms with van der Waals surface area (Å²) in [5.41, 5.74) is 2.34. The smallest absolute Gasteiger partial charge is 0.320 e. The molecule has 35 heavy (non-hydrogen) atoms. The maximum Gasteiger partial charge on any atom is 0.320 e. The zero-order chi connectivity index (χ0) is 21.9. The number of ether oxygens (including phenoxy) is 3. The van der Waals surface area contributed by atoms with Crippen molar-refractivity contribution in [2.24, 2.45) is 0 Å². The predicted octanol–water partition coefficient (Wildman–Crippen LogP) is 0.540. The summed E-state index contributed by atoms with van der Waals surface area (Å²) in [6.07, 6.45) is 10.7. The van der Waals surface area contributed by atoms with Crippen molar-refractivity contribution in [1.82, 2.24) is 4.90 Å². The topological polar surface area (TPSA) is 174 Å². The summed E-state index contributed by atoms with van der Waals surface area (Å²) in [6, 6.07) is 20.8. The number of carbonyl (C=O) groups excluding carboxylic acids is 1. The van der Waals surface area contributed by atoms with Gasteiger partial charge in [-0.15, -0.1) is 12.8 Å². The second-order valence-corrected chi connectivity index (χ2v) is 7.79. The molecule has 4 rings (SSSR count). The maximum absolute atomic E-state index is 12.1. The van der Waals surface area contributed by atoms with Crippen molar-refractivity contribution in [3.8, 4) is 12.8 Å². The number of benzene rings is 2. The number of piperidine rings is 1. The van der Waals surface area contributed by atoms with Crippen LogP contribution in [-0.4, -0.2) is 77.8 Å². The zero-order valence-electron chi connectivity index (χ0n) is 19.9. The summed E-state index contributed by atoms with van der Waals surface area (Å²) in [6.45, 7) is 3.26. The van der Waals surface area contributed by atoms with E-state index in [4.69, 9.17) is 14.2 Å². The van der Waals surface area contributed by atoms with Gasteiger partial charge in [-0.05, 0) is 24.0 Å². The molecule has 0 saturated carbocycles. The predicted molar refractivity (Wildman–Crippen MR) is 135 cm³/mol. The lowest BCUT2D eigenvalue weighted by Gasteiger charge is -2.33. The lowest BCUT2D eigenvalue weighted by atomic mass is 10.00. The molecule has 9 nitrogen and oxygen atoms in total. The Morgan fingerprint density at radius 1 is 0.857 bits per heavy atom. The average Bonchev–Trinajstić information content (AvgIpc) is 3.34. The first-order chi connectivity index (χ1) is 15.3. The third-order valence-corrected chi connectivity index (χ3v) is 5.61. The molecule has 2 heterocycles. The van der Waals surface area contributed by atoms with Gasteiger partial charge in [0.25, 0.3) is 0 Å². The van der Waals surface area contributed by atoms with Crippen LogP contribution in [0.2, 0.25) is 0 Å². The fraction of sp³-hybridized carbons (Fsp3) is 0.423. The lowest BCUT2D eigenvalue weighted by molar-refractivity contribution is -0.151. The molecule has 0 amide bonds. The van der Waals surface area contributed by atoms with E-state index in [2.05, 4.69) is 66.3 Å². The van der Waals surface area contributed by atoms with Crippen LogP contribution in [0.5, 0.6) is 0 Å². The molecule has 0 bridgehead atoms. The molecule has 0 aliphatic carbocycles. The van der Waals surface area contributed by atoms with Crippen LogP contribution < -0.4 is 0 Å². The van der Waals surface area contributed by atoms with E-state index in [1.165, 1.54) is 11.1 Å². The van der Waals surface area contributed by atoms with Gasteiger partial charge in [-0.1, -0.05) is 60.7 Å². The summed E-state index contributed by atoms with van der Waals surface area (Å²) < 4.78 is 17.3.